The zero-order valence-corrected chi connectivity index (χ0v) is 11.7. The van der Waals surface area contributed by atoms with Gasteiger partial charge >= 0.3 is 0 Å². The van der Waals surface area contributed by atoms with E-state index in [1.807, 2.05) is 0 Å². The molecule has 2 saturated carbocycles. The fourth-order valence-corrected chi connectivity index (χ4v) is 3.48. The van der Waals surface area contributed by atoms with Gasteiger partial charge in [0.2, 0.25) is 5.91 Å². The van der Waals surface area contributed by atoms with Crippen molar-refractivity contribution in [2.45, 2.75) is 64.3 Å². The van der Waals surface area contributed by atoms with Crippen molar-refractivity contribution in [1.82, 2.24) is 5.32 Å². The number of carbonyl (C=O) groups is 1. The Hall–Kier alpha value is -1.26. The molecule has 5 nitrogen and oxygen atoms in total. The lowest BCUT2D eigenvalue weighted by Gasteiger charge is -2.44. The zero-order chi connectivity index (χ0) is 13.9. The van der Waals surface area contributed by atoms with E-state index in [-0.39, 0.29) is 17.8 Å². The second-order valence-electron chi connectivity index (χ2n) is 6.24. The Kier molecular flexibility index (Phi) is 4.32. The summed E-state index contributed by atoms with van der Waals surface area (Å²) in [6.07, 6.45) is 8.34. The van der Waals surface area contributed by atoms with Crippen LogP contribution in [0.5, 0.6) is 0 Å². The number of amidine groups is 1. The van der Waals surface area contributed by atoms with Gasteiger partial charge in [-0.25, -0.2) is 0 Å². The summed E-state index contributed by atoms with van der Waals surface area (Å²) in [7, 11) is 0. The van der Waals surface area contributed by atoms with E-state index in [1.54, 1.807) is 0 Å². The van der Waals surface area contributed by atoms with Crippen LogP contribution in [-0.4, -0.2) is 23.0 Å². The summed E-state index contributed by atoms with van der Waals surface area (Å²) in [5.74, 6) is 0.477. The number of nitrogens with two attached hydrogens (primary N) is 1. The van der Waals surface area contributed by atoms with Crippen LogP contribution >= 0.6 is 0 Å². The molecule has 2 fully saturated rings. The molecule has 0 heterocycles. The summed E-state index contributed by atoms with van der Waals surface area (Å²) in [6, 6.07) is 0.259. The molecule has 5 heteroatoms. The van der Waals surface area contributed by atoms with Crippen LogP contribution in [0.15, 0.2) is 5.16 Å². The fourth-order valence-electron chi connectivity index (χ4n) is 3.48. The Bertz CT molecular complexity index is 354. The number of hydrogen-bond acceptors (Lipinski definition) is 3. The third kappa shape index (κ3) is 2.85. The SMILES string of the molecule is CC1CC(C(=O)NC2CCCCCC2)(C(N)=NO)C1. The summed E-state index contributed by atoms with van der Waals surface area (Å²) in [5, 5.41) is 15.1. The van der Waals surface area contributed by atoms with E-state index in [1.165, 1.54) is 25.7 Å². The number of amides is 1. The highest BCUT2D eigenvalue weighted by atomic mass is 16.4. The minimum absolute atomic E-state index is 0.0483. The van der Waals surface area contributed by atoms with Gasteiger partial charge in [-0.2, -0.15) is 0 Å². The second-order valence-corrected chi connectivity index (χ2v) is 6.24. The van der Waals surface area contributed by atoms with Crippen molar-refractivity contribution < 1.29 is 10.0 Å². The Morgan fingerprint density at radius 3 is 2.32 bits per heavy atom. The highest BCUT2D eigenvalue weighted by Crippen LogP contribution is 2.46. The third-order valence-corrected chi connectivity index (χ3v) is 4.62. The van der Waals surface area contributed by atoms with Gasteiger partial charge in [0.1, 0.15) is 5.41 Å². The molecule has 0 aromatic heterocycles. The molecule has 4 N–H and O–H groups in total. The van der Waals surface area contributed by atoms with Gasteiger partial charge in [-0.1, -0.05) is 37.8 Å². The number of nitrogens with zero attached hydrogens (tertiary/aromatic N) is 1. The van der Waals surface area contributed by atoms with Crippen LogP contribution in [0.2, 0.25) is 0 Å². The van der Waals surface area contributed by atoms with Crippen molar-refractivity contribution in [2.24, 2.45) is 22.2 Å². The van der Waals surface area contributed by atoms with E-state index < -0.39 is 5.41 Å². The van der Waals surface area contributed by atoms with Crippen LogP contribution in [0.3, 0.4) is 0 Å². The normalized spacial score (nSPS) is 33.3. The maximum atomic E-state index is 12.5. The molecule has 2 aliphatic rings. The highest BCUT2D eigenvalue weighted by Gasteiger charge is 2.52. The van der Waals surface area contributed by atoms with Crippen LogP contribution < -0.4 is 11.1 Å². The summed E-state index contributed by atoms with van der Waals surface area (Å²) >= 11 is 0. The van der Waals surface area contributed by atoms with Gasteiger partial charge in [-0.3, -0.25) is 4.79 Å². The van der Waals surface area contributed by atoms with E-state index in [9.17, 15) is 4.79 Å². The van der Waals surface area contributed by atoms with Crippen LogP contribution in [0.4, 0.5) is 0 Å². The molecule has 0 radical (unpaired) electrons. The molecule has 0 unspecified atom stereocenters. The molecule has 0 saturated heterocycles. The van der Waals surface area contributed by atoms with Crippen LogP contribution in [0.1, 0.15) is 58.3 Å². The lowest BCUT2D eigenvalue weighted by molar-refractivity contribution is -0.134. The Morgan fingerprint density at radius 1 is 1.26 bits per heavy atom. The molecule has 2 rings (SSSR count). The van der Waals surface area contributed by atoms with Gasteiger partial charge in [0.25, 0.3) is 0 Å². The quantitative estimate of drug-likeness (QED) is 0.240. The van der Waals surface area contributed by atoms with E-state index in [0.29, 0.717) is 18.8 Å². The molecule has 0 aromatic carbocycles. The minimum Gasteiger partial charge on any atom is -0.409 e. The summed E-state index contributed by atoms with van der Waals surface area (Å²) < 4.78 is 0. The van der Waals surface area contributed by atoms with Gasteiger partial charge < -0.3 is 16.3 Å². The highest BCUT2D eigenvalue weighted by molar-refractivity contribution is 6.07. The second kappa shape index (κ2) is 5.80. The molecule has 0 atom stereocenters. The lowest BCUT2D eigenvalue weighted by atomic mass is 9.61. The molecule has 0 bridgehead atoms. The van der Waals surface area contributed by atoms with Gasteiger partial charge in [0.15, 0.2) is 5.84 Å². The molecule has 0 aliphatic heterocycles. The number of carbonyl (C=O) groups excluding carboxylic acids is 1. The first-order valence-corrected chi connectivity index (χ1v) is 7.37. The van der Waals surface area contributed by atoms with Crippen molar-refractivity contribution in [3.8, 4) is 0 Å². The zero-order valence-electron chi connectivity index (χ0n) is 11.7. The Morgan fingerprint density at radius 2 is 1.84 bits per heavy atom. The molecular formula is C14H25N3O2. The van der Waals surface area contributed by atoms with Crippen molar-refractivity contribution in [3.05, 3.63) is 0 Å². The largest absolute Gasteiger partial charge is 0.409 e. The topological polar surface area (TPSA) is 87.7 Å². The van der Waals surface area contributed by atoms with E-state index in [0.717, 1.165) is 12.8 Å². The minimum atomic E-state index is -0.763. The number of hydrogen-bond donors (Lipinski definition) is 3. The predicted molar refractivity (Wildman–Crippen MR) is 73.9 cm³/mol. The Balaban J connectivity index is 2.00. The van der Waals surface area contributed by atoms with E-state index in [4.69, 9.17) is 10.9 Å². The fraction of sp³-hybridized carbons (Fsp3) is 0.857. The van der Waals surface area contributed by atoms with E-state index >= 15 is 0 Å². The smallest absolute Gasteiger partial charge is 0.234 e. The monoisotopic (exact) mass is 267 g/mol. The predicted octanol–water partition coefficient (Wildman–Crippen LogP) is 1.99. The molecule has 108 valence electrons. The van der Waals surface area contributed by atoms with Crippen molar-refractivity contribution in [2.75, 3.05) is 0 Å². The number of oxime groups is 1. The lowest BCUT2D eigenvalue weighted by Crippen LogP contribution is -2.58. The maximum Gasteiger partial charge on any atom is 0.234 e. The van der Waals surface area contributed by atoms with Crippen molar-refractivity contribution >= 4 is 11.7 Å². The van der Waals surface area contributed by atoms with Crippen LogP contribution in [-0.2, 0) is 4.79 Å². The van der Waals surface area contributed by atoms with Crippen molar-refractivity contribution in [1.29, 1.82) is 0 Å². The molecule has 1 amide bonds. The summed E-state index contributed by atoms with van der Waals surface area (Å²) in [6.45, 7) is 2.09. The first kappa shape index (κ1) is 14.2. The molecule has 2 aliphatic carbocycles. The van der Waals surface area contributed by atoms with Crippen LogP contribution in [0, 0.1) is 11.3 Å². The summed E-state index contributed by atoms with van der Waals surface area (Å²) in [4.78, 5) is 12.5. The van der Waals surface area contributed by atoms with E-state index in [2.05, 4.69) is 17.4 Å². The maximum absolute atomic E-state index is 12.5. The molecule has 0 spiro atoms. The average molecular weight is 267 g/mol. The molecular weight excluding hydrogens is 242 g/mol. The summed E-state index contributed by atoms with van der Waals surface area (Å²) in [5.41, 5.74) is 4.99. The average Bonchev–Trinajstić information content (AvgIpc) is 2.62. The molecule has 0 aromatic rings. The number of nitrogens with one attached hydrogen (secondary N) is 1. The van der Waals surface area contributed by atoms with Gasteiger partial charge in [0, 0.05) is 6.04 Å². The van der Waals surface area contributed by atoms with Gasteiger partial charge in [-0.15, -0.1) is 0 Å². The first-order chi connectivity index (χ1) is 9.08. The van der Waals surface area contributed by atoms with Crippen LogP contribution in [0.25, 0.3) is 0 Å². The third-order valence-electron chi connectivity index (χ3n) is 4.62. The Labute approximate surface area is 114 Å². The first-order valence-electron chi connectivity index (χ1n) is 7.37. The van der Waals surface area contributed by atoms with Gasteiger partial charge in [0.05, 0.1) is 0 Å². The standard InChI is InChI=1S/C14H25N3O2/c1-10-8-14(9-10,12(15)17-19)13(18)16-11-6-4-2-3-5-7-11/h10-11,19H,2-9H2,1H3,(H2,15,17)(H,16,18). The number of rotatable bonds is 3. The van der Waals surface area contributed by atoms with Gasteiger partial charge in [-0.05, 0) is 31.6 Å². The van der Waals surface area contributed by atoms with Crippen molar-refractivity contribution in [3.63, 3.8) is 0 Å². The molecule has 19 heavy (non-hydrogen) atoms.